The van der Waals surface area contributed by atoms with Crippen molar-refractivity contribution < 1.29 is 19.1 Å². The normalized spacial score (nSPS) is 10.7. The molecule has 43 heavy (non-hydrogen) atoms. The van der Waals surface area contributed by atoms with E-state index in [0.717, 1.165) is 17.9 Å². The van der Waals surface area contributed by atoms with E-state index in [1.54, 1.807) is 24.1 Å². The lowest BCUT2D eigenvalue weighted by Crippen LogP contribution is -2.29. The van der Waals surface area contributed by atoms with Gasteiger partial charge in [-0.1, -0.05) is 18.7 Å². The molecule has 0 bridgehead atoms. The summed E-state index contributed by atoms with van der Waals surface area (Å²) < 4.78 is 12.4. The van der Waals surface area contributed by atoms with Gasteiger partial charge in [-0.05, 0) is 44.4 Å². The van der Waals surface area contributed by atoms with E-state index in [4.69, 9.17) is 9.47 Å². The summed E-state index contributed by atoms with van der Waals surface area (Å²) in [6.45, 7) is 5.07. The third-order valence-electron chi connectivity index (χ3n) is 6.40. The maximum Gasteiger partial charge on any atom is 0.343 e. The van der Waals surface area contributed by atoms with Gasteiger partial charge >= 0.3 is 5.97 Å². The summed E-state index contributed by atoms with van der Waals surface area (Å²) in [4.78, 5) is 38.0. The van der Waals surface area contributed by atoms with E-state index in [-0.39, 0.29) is 23.2 Å². The van der Waals surface area contributed by atoms with Gasteiger partial charge in [0.2, 0.25) is 11.9 Å². The second-order valence-electron chi connectivity index (χ2n) is 9.65. The summed E-state index contributed by atoms with van der Waals surface area (Å²) in [5, 5.41) is 13.6. The maximum atomic E-state index is 12.6. The van der Waals surface area contributed by atoms with Crippen molar-refractivity contribution in [1.29, 1.82) is 0 Å². The Labute approximate surface area is 250 Å². The van der Waals surface area contributed by atoms with Crippen molar-refractivity contribution in [3.05, 3.63) is 79.3 Å². The van der Waals surface area contributed by atoms with Gasteiger partial charge in [-0.3, -0.25) is 4.79 Å². The lowest BCUT2D eigenvalue weighted by Gasteiger charge is -2.26. The predicted octanol–water partition coefficient (Wildman–Crippen LogP) is 4.07. The highest BCUT2D eigenvalue weighted by atomic mass is 16.5. The van der Waals surface area contributed by atoms with Crippen LogP contribution in [-0.4, -0.2) is 85.0 Å². The minimum atomic E-state index is -0.609. The van der Waals surface area contributed by atoms with Crippen LogP contribution in [0.1, 0.15) is 10.4 Å². The first-order chi connectivity index (χ1) is 20.7. The molecule has 0 radical (unpaired) electrons. The number of rotatable bonds is 13. The highest BCUT2D eigenvalue weighted by Gasteiger charge is 2.20. The number of aromatic nitrogens is 4. The van der Waals surface area contributed by atoms with Gasteiger partial charge in [-0.2, -0.15) is 10.1 Å². The topological polar surface area (TPSA) is 139 Å². The zero-order valence-corrected chi connectivity index (χ0v) is 24.8. The Bertz CT molecular complexity index is 1590. The molecule has 2 aromatic carbocycles. The number of methoxy groups -OCH3 is 2. The van der Waals surface area contributed by atoms with Crippen molar-refractivity contribution in [3.8, 4) is 11.4 Å². The van der Waals surface area contributed by atoms with Gasteiger partial charge in [0.1, 0.15) is 11.3 Å². The molecular weight excluding hydrogens is 550 g/mol. The van der Waals surface area contributed by atoms with E-state index in [9.17, 15) is 9.59 Å². The van der Waals surface area contributed by atoms with Crippen LogP contribution in [0, 0.1) is 0 Å². The van der Waals surface area contributed by atoms with E-state index in [2.05, 4.69) is 42.5 Å². The zero-order valence-electron chi connectivity index (χ0n) is 24.8. The van der Waals surface area contributed by atoms with Gasteiger partial charge in [-0.25, -0.2) is 14.5 Å². The predicted molar refractivity (Wildman–Crippen MR) is 167 cm³/mol. The van der Waals surface area contributed by atoms with Crippen LogP contribution in [0.4, 0.5) is 34.5 Å². The highest BCUT2D eigenvalue weighted by molar-refractivity contribution is 6.02. The lowest BCUT2D eigenvalue weighted by molar-refractivity contribution is -0.111. The number of esters is 1. The van der Waals surface area contributed by atoms with Crippen molar-refractivity contribution in [1.82, 2.24) is 24.6 Å². The van der Waals surface area contributed by atoms with Gasteiger partial charge in [0, 0.05) is 44.8 Å². The van der Waals surface area contributed by atoms with Crippen LogP contribution in [0.25, 0.3) is 5.69 Å². The Morgan fingerprint density at radius 3 is 2.49 bits per heavy atom. The van der Waals surface area contributed by atoms with Crippen LogP contribution in [0.15, 0.2) is 73.7 Å². The number of nitrogens with zero attached hydrogens (tertiary/aromatic N) is 6. The summed E-state index contributed by atoms with van der Waals surface area (Å²) in [5.74, 6) is -0.104. The number of carbonyl (C=O) groups excluding carboxylic acids is 2. The van der Waals surface area contributed by atoms with Gasteiger partial charge in [0.05, 0.1) is 42.7 Å². The van der Waals surface area contributed by atoms with Crippen LogP contribution in [-0.2, 0) is 9.53 Å². The molecule has 0 unspecified atom stereocenters. The van der Waals surface area contributed by atoms with Crippen LogP contribution in [0.5, 0.6) is 5.75 Å². The fourth-order valence-electron chi connectivity index (χ4n) is 4.14. The fourth-order valence-corrected chi connectivity index (χ4v) is 4.14. The van der Waals surface area contributed by atoms with Crippen molar-refractivity contribution in [3.63, 3.8) is 0 Å². The molecule has 0 aliphatic heterocycles. The second-order valence-corrected chi connectivity index (χ2v) is 9.65. The molecule has 3 N–H and O–H groups in total. The first-order valence-electron chi connectivity index (χ1n) is 13.3. The second kappa shape index (κ2) is 14.0. The molecule has 0 saturated heterocycles. The van der Waals surface area contributed by atoms with E-state index in [1.165, 1.54) is 19.4 Å². The molecule has 0 spiro atoms. The van der Waals surface area contributed by atoms with Gasteiger partial charge in [0.25, 0.3) is 0 Å². The third-order valence-corrected chi connectivity index (χ3v) is 6.40. The van der Waals surface area contributed by atoms with Crippen molar-refractivity contribution in [2.24, 2.45) is 0 Å². The highest BCUT2D eigenvalue weighted by Crippen LogP contribution is 2.38. The molecule has 0 fully saturated rings. The van der Waals surface area contributed by atoms with Crippen molar-refractivity contribution in [2.45, 2.75) is 0 Å². The quantitative estimate of drug-likeness (QED) is 0.155. The Balaban J connectivity index is 1.73. The number of nitrogens with one attached hydrogen (secondary N) is 3. The summed E-state index contributed by atoms with van der Waals surface area (Å²) in [5.41, 5.74) is 3.30. The van der Waals surface area contributed by atoms with Crippen molar-refractivity contribution >= 4 is 46.4 Å². The van der Waals surface area contributed by atoms with Crippen LogP contribution in [0.3, 0.4) is 0 Å². The molecule has 4 aromatic rings. The number of likely N-dealkylation sites (N-methyl/N-ethyl adjacent to an activating group) is 2. The fraction of sp³-hybridized carbons (Fsp3) is 0.233. The number of ether oxygens (including phenoxy) is 2. The number of benzene rings is 2. The maximum absolute atomic E-state index is 12.6. The molecular formula is C30H35N9O4. The Morgan fingerprint density at radius 1 is 1.02 bits per heavy atom. The Kier molecular flexibility index (Phi) is 9.91. The molecule has 0 saturated carbocycles. The summed E-state index contributed by atoms with van der Waals surface area (Å²) in [6, 6.07) is 12.8. The Hall–Kier alpha value is -5.43. The average Bonchev–Trinajstić information content (AvgIpc) is 3.55. The largest absolute Gasteiger partial charge is 0.494 e. The lowest BCUT2D eigenvalue weighted by atomic mass is 10.2. The molecule has 0 aliphatic carbocycles. The van der Waals surface area contributed by atoms with E-state index >= 15 is 0 Å². The Morgan fingerprint density at radius 2 is 1.81 bits per heavy atom. The first-order valence-corrected chi connectivity index (χ1v) is 13.3. The van der Waals surface area contributed by atoms with Crippen LogP contribution >= 0.6 is 0 Å². The van der Waals surface area contributed by atoms with Gasteiger partial charge in [-0.15, -0.1) is 0 Å². The molecule has 224 valence electrons. The number of anilines is 6. The minimum Gasteiger partial charge on any atom is -0.494 e. The van der Waals surface area contributed by atoms with E-state index < -0.39 is 5.97 Å². The molecule has 0 aliphatic rings. The first kappa shape index (κ1) is 30.5. The third kappa shape index (κ3) is 7.45. The molecule has 4 rings (SSSR count). The number of carbonyl (C=O) groups is 2. The van der Waals surface area contributed by atoms with Gasteiger partial charge in [0.15, 0.2) is 5.82 Å². The molecule has 13 heteroatoms. The molecule has 13 nitrogen and oxygen atoms in total. The SMILES string of the molecule is C=CC(=O)Nc1cc(Nc2ncc(C(=O)OC)c(Nc3ccccc3-n3cccn3)n2)c(OC)cc1N(C)CCN(C)C. The van der Waals surface area contributed by atoms with Crippen molar-refractivity contribution in [2.75, 3.05) is 69.3 Å². The molecule has 2 aromatic heterocycles. The summed E-state index contributed by atoms with van der Waals surface area (Å²) >= 11 is 0. The summed E-state index contributed by atoms with van der Waals surface area (Å²) in [7, 11) is 8.75. The number of hydrogen-bond donors (Lipinski definition) is 3. The van der Waals surface area contributed by atoms with E-state index in [0.29, 0.717) is 29.4 Å². The molecule has 1 amide bonds. The number of hydrogen-bond acceptors (Lipinski definition) is 11. The number of para-hydroxylation sites is 2. The minimum absolute atomic E-state index is 0.132. The zero-order chi connectivity index (χ0) is 30.9. The average molecular weight is 586 g/mol. The smallest absolute Gasteiger partial charge is 0.343 e. The standard InChI is InChI=1S/C30H35N9O4/c1-7-27(40)33-22-17-23(26(42-5)18-25(22)38(4)16-15-37(2)3)35-30-31-19-20(29(41)43-6)28(36-30)34-21-11-8-9-12-24(21)39-14-10-13-32-39/h7-14,17-19H,1,15-16H2,2-6H3,(H,33,40)(H2,31,34,35,36). The van der Waals surface area contributed by atoms with Gasteiger partial charge < -0.3 is 35.2 Å². The summed E-state index contributed by atoms with van der Waals surface area (Å²) in [6.07, 6.45) is 6.06. The monoisotopic (exact) mass is 585 g/mol. The number of amides is 1. The van der Waals surface area contributed by atoms with E-state index in [1.807, 2.05) is 68.6 Å². The molecule has 0 atom stereocenters. The molecule has 2 heterocycles. The van der Waals surface area contributed by atoms with Crippen LogP contribution in [0.2, 0.25) is 0 Å². The van der Waals surface area contributed by atoms with Crippen LogP contribution < -0.4 is 25.6 Å².